The highest BCUT2D eigenvalue weighted by Crippen LogP contribution is 2.36. The molecule has 18 heavy (non-hydrogen) atoms. The fourth-order valence-electron chi connectivity index (χ4n) is 2.87. The van der Waals surface area contributed by atoms with Crippen LogP contribution in [-0.2, 0) is 0 Å². The van der Waals surface area contributed by atoms with Crippen molar-refractivity contribution in [2.24, 2.45) is 5.92 Å². The molecule has 3 rings (SSSR count). The van der Waals surface area contributed by atoms with Crippen molar-refractivity contribution in [1.29, 1.82) is 0 Å². The summed E-state index contributed by atoms with van der Waals surface area (Å²) >= 11 is 0. The minimum atomic E-state index is -0.731. The molecule has 0 saturated heterocycles. The average molecular weight is 247 g/mol. The maximum Gasteiger partial charge on any atom is 0.143 e. The summed E-state index contributed by atoms with van der Waals surface area (Å²) < 4.78 is 1.96. The molecule has 2 aromatic heterocycles. The first-order valence-corrected chi connectivity index (χ1v) is 6.24. The van der Waals surface area contributed by atoms with Gasteiger partial charge in [0.05, 0.1) is 17.8 Å². The van der Waals surface area contributed by atoms with Crippen molar-refractivity contribution >= 4 is 11.0 Å². The van der Waals surface area contributed by atoms with Crippen LogP contribution in [0.15, 0.2) is 18.6 Å². The van der Waals surface area contributed by atoms with Gasteiger partial charge < -0.3 is 14.8 Å². The Bertz CT molecular complexity index is 581. The van der Waals surface area contributed by atoms with Crippen molar-refractivity contribution in [3.8, 4) is 0 Å². The van der Waals surface area contributed by atoms with Crippen LogP contribution in [0.1, 0.15) is 25.1 Å². The topological polar surface area (TPSA) is 71.2 Å². The zero-order valence-corrected chi connectivity index (χ0v) is 10.5. The summed E-state index contributed by atoms with van der Waals surface area (Å²) in [4.78, 5) is 8.45. The lowest BCUT2D eigenvalue weighted by atomic mass is 10.1. The van der Waals surface area contributed by atoms with Gasteiger partial charge in [-0.25, -0.2) is 9.97 Å². The molecule has 0 aromatic carbocycles. The Morgan fingerprint density at radius 1 is 1.28 bits per heavy atom. The lowest BCUT2D eigenvalue weighted by molar-refractivity contribution is 0.00971. The molecule has 0 spiro atoms. The Morgan fingerprint density at radius 2 is 2.06 bits per heavy atom. The largest absolute Gasteiger partial charge is 0.390 e. The third kappa shape index (κ3) is 1.54. The molecule has 96 valence electrons. The normalized spacial score (nSPS) is 32.2. The van der Waals surface area contributed by atoms with Crippen molar-refractivity contribution in [2.75, 3.05) is 0 Å². The quantitative estimate of drug-likeness (QED) is 0.790. The molecule has 0 aliphatic heterocycles. The molecule has 2 heterocycles. The second-order valence-electron chi connectivity index (χ2n) is 5.18. The van der Waals surface area contributed by atoms with E-state index in [4.69, 9.17) is 0 Å². The molecule has 1 aliphatic carbocycles. The smallest absolute Gasteiger partial charge is 0.143 e. The Morgan fingerprint density at radius 3 is 2.72 bits per heavy atom. The van der Waals surface area contributed by atoms with Gasteiger partial charge in [0, 0.05) is 11.6 Å². The van der Waals surface area contributed by atoms with E-state index in [-0.39, 0.29) is 12.0 Å². The number of hydrogen-bond acceptors (Lipinski definition) is 4. The van der Waals surface area contributed by atoms with E-state index in [2.05, 4.69) is 9.97 Å². The number of aliphatic hydroxyl groups excluding tert-OH is 2. The van der Waals surface area contributed by atoms with E-state index in [0.29, 0.717) is 0 Å². The second-order valence-corrected chi connectivity index (χ2v) is 5.18. The van der Waals surface area contributed by atoms with Crippen LogP contribution in [-0.4, -0.2) is 37.0 Å². The molecule has 0 bridgehead atoms. The number of fused-ring (bicyclic) bond motifs is 1. The van der Waals surface area contributed by atoms with Gasteiger partial charge in [-0.1, -0.05) is 6.92 Å². The van der Waals surface area contributed by atoms with Crippen molar-refractivity contribution in [2.45, 2.75) is 38.5 Å². The Labute approximate surface area is 105 Å². The molecule has 0 amide bonds. The van der Waals surface area contributed by atoms with Gasteiger partial charge in [-0.05, 0) is 25.3 Å². The van der Waals surface area contributed by atoms with Crippen molar-refractivity contribution < 1.29 is 10.2 Å². The van der Waals surface area contributed by atoms with Gasteiger partial charge in [0.25, 0.3) is 0 Å². The molecule has 5 nitrogen and oxygen atoms in total. The summed E-state index contributed by atoms with van der Waals surface area (Å²) in [5.41, 5.74) is 1.76. The predicted molar refractivity (Wildman–Crippen MR) is 67.1 cm³/mol. The molecular weight excluding hydrogens is 230 g/mol. The third-order valence-corrected chi connectivity index (χ3v) is 4.01. The van der Waals surface area contributed by atoms with Crippen molar-refractivity contribution in [1.82, 2.24) is 14.5 Å². The van der Waals surface area contributed by atoms with E-state index in [1.54, 1.807) is 0 Å². The number of nitrogens with zero attached hydrogens (tertiary/aromatic N) is 3. The summed E-state index contributed by atoms with van der Waals surface area (Å²) in [5, 5.41) is 21.0. The molecule has 2 aromatic rings. The predicted octanol–water partition coefficient (Wildman–Crippen LogP) is 1.04. The van der Waals surface area contributed by atoms with Crippen LogP contribution in [0.25, 0.3) is 11.0 Å². The van der Waals surface area contributed by atoms with Gasteiger partial charge in [-0.2, -0.15) is 0 Å². The van der Waals surface area contributed by atoms with Gasteiger partial charge in [-0.3, -0.25) is 0 Å². The molecule has 0 radical (unpaired) electrons. The van der Waals surface area contributed by atoms with Gasteiger partial charge >= 0.3 is 0 Å². The van der Waals surface area contributed by atoms with E-state index in [9.17, 15) is 10.2 Å². The number of rotatable bonds is 1. The summed E-state index contributed by atoms with van der Waals surface area (Å²) in [6.07, 6.45) is 2.83. The highest BCUT2D eigenvalue weighted by molar-refractivity contribution is 5.78. The summed E-state index contributed by atoms with van der Waals surface area (Å²) in [7, 11) is 0. The lowest BCUT2D eigenvalue weighted by Gasteiger charge is -2.18. The van der Waals surface area contributed by atoms with Gasteiger partial charge in [0.2, 0.25) is 0 Å². The molecule has 4 atom stereocenters. The molecule has 1 fully saturated rings. The minimum Gasteiger partial charge on any atom is -0.390 e. The Hall–Kier alpha value is -1.46. The standard InChI is InChI=1S/C13H17N3O2/c1-7-5-10(12(18)11(7)17)16-4-3-9-8(2)14-6-15-13(9)16/h3-4,6-7,10-12,17-18H,5H2,1-2H3. The van der Waals surface area contributed by atoms with Crippen molar-refractivity contribution in [3.63, 3.8) is 0 Å². The highest BCUT2D eigenvalue weighted by Gasteiger charge is 2.40. The van der Waals surface area contributed by atoms with Crippen LogP contribution in [0, 0.1) is 12.8 Å². The third-order valence-electron chi connectivity index (χ3n) is 4.01. The molecule has 4 unspecified atom stereocenters. The fourth-order valence-corrected chi connectivity index (χ4v) is 2.87. The lowest BCUT2D eigenvalue weighted by Crippen LogP contribution is -2.28. The molecule has 2 N–H and O–H groups in total. The maximum atomic E-state index is 10.1. The van der Waals surface area contributed by atoms with E-state index in [0.717, 1.165) is 23.1 Å². The van der Waals surface area contributed by atoms with Crippen LogP contribution in [0.3, 0.4) is 0 Å². The number of aliphatic hydroxyl groups is 2. The van der Waals surface area contributed by atoms with E-state index >= 15 is 0 Å². The summed E-state index contributed by atoms with van der Waals surface area (Å²) in [6, 6.07) is 1.86. The molecule has 5 heteroatoms. The van der Waals surface area contributed by atoms with Crippen LogP contribution in [0.4, 0.5) is 0 Å². The van der Waals surface area contributed by atoms with Crippen LogP contribution < -0.4 is 0 Å². The Balaban J connectivity index is 2.08. The van der Waals surface area contributed by atoms with E-state index in [1.165, 1.54) is 6.33 Å². The SMILES string of the molecule is Cc1ncnc2c1ccn2C1CC(C)C(O)C1O. The number of hydrogen-bond donors (Lipinski definition) is 2. The zero-order chi connectivity index (χ0) is 12.9. The second kappa shape index (κ2) is 4.03. The highest BCUT2D eigenvalue weighted by atomic mass is 16.3. The molecule has 1 aliphatic rings. The van der Waals surface area contributed by atoms with E-state index < -0.39 is 12.2 Å². The van der Waals surface area contributed by atoms with Gasteiger partial charge in [0.1, 0.15) is 18.1 Å². The average Bonchev–Trinajstić information content (AvgIpc) is 2.88. The minimum absolute atomic E-state index is 0.102. The number of aromatic nitrogens is 3. The number of aryl methyl sites for hydroxylation is 1. The first-order chi connectivity index (χ1) is 8.59. The van der Waals surface area contributed by atoms with Gasteiger partial charge in [-0.15, -0.1) is 0 Å². The summed E-state index contributed by atoms with van der Waals surface area (Å²) in [5.74, 6) is 0.102. The van der Waals surface area contributed by atoms with Crippen LogP contribution in [0.5, 0.6) is 0 Å². The fraction of sp³-hybridized carbons (Fsp3) is 0.538. The first-order valence-electron chi connectivity index (χ1n) is 6.24. The summed E-state index contributed by atoms with van der Waals surface area (Å²) in [6.45, 7) is 3.90. The first kappa shape index (κ1) is 11.6. The molecular formula is C13H17N3O2. The molecule has 1 saturated carbocycles. The van der Waals surface area contributed by atoms with Crippen LogP contribution in [0.2, 0.25) is 0 Å². The monoisotopic (exact) mass is 247 g/mol. The Kier molecular flexibility index (Phi) is 2.60. The maximum absolute atomic E-state index is 10.1. The zero-order valence-electron chi connectivity index (χ0n) is 10.5. The van der Waals surface area contributed by atoms with Crippen LogP contribution >= 0.6 is 0 Å². The van der Waals surface area contributed by atoms with Crippen molar-refractivity contribution in [3.05, 3.63) is 24.3 Å². The van der Waals surface area contributed by atoms with E-state index in [1.807, 2.05) is 30.7 Å². The van der Waals surface area contributed by atoms with Gasteiger partial charge in [0.15, 0.2) is 0 Å².